The zero-order chi connectivity index (χ0) is 10.8. The van der Waals surface area contributed by atoms with Crippen LogP contribution >= 0.6 is 12.2 Å². The molecule has 4 heteroatoms. The molecule has 0 atom stereocenters. The van der Waals surface area contributed by atoms with E-state index in [9.17, 15) is 5.21 Å². The van der Waals surface area contributed by atoms with Gasteiger partial charge in [0.25, 0.3) is 0 Å². The summed E-state index contributed by atoms with van der Waals surface area (Å²) in [6, 6.07) is 5.54. The average Bonchev–Trinajstić information content (AvgIpc) is 2.40. The van der Waals surface area contributed by atoms with E-state index in [0.717, 1.165) is 29.9 Å². The quantitative estimate of drug-likeness (QED) is 0.257. The van der Waals surface area contributed by atoms with Gasteiger partial charge in [-0.05, 0) is 18.4 Å². The van der Waals surface area contributed by atoms with Gasteiger partial charge in [0.05, 0.1) is 0 Å². The monoisotopic (exact) mass is 220 g/mol. The minimum absolute atomic E-state index is 0.541. The number of nitrogens with zero attached hydrogens (tertiary/aromatic N) is 1. The zero-order valence-electron chi connectivity index (χ0n) is 8.32. The Labute approximate surface area is 94.0 Å². The summed E-state index contributed by atoms with van der Waals surface area (Å²) in [4.78, 5) is 0.728. The fourth-order valence-electron chi connectivity index (χ4n) is 1.72. The van der Waals surface area contributed by atoms with E-state index in [1.165, 1.54) is 5.56 Å². The van der Waals surface area contributed by atoms with E-state index in [-0.39, 0.29) is 0 Å². The summed E-state index contributed by atoms with van der Waals surface area (Å²) in [5, 5.41) is 14.2. The van der Waals surface area contributed by atoms with Crippen LogP contribution in [-0.4, -0.2) is 23.0 Å². The van der Waals surface area contributed by atoms with Crippen molar-refractivity contribution in [3.05, 3.63) is 34.5 Å². The zero-order valence-corrected chi connectivity index (χ0v) is 9.14. The molecule has 1 aromatic rings. The van der Waals surface area contributed by atoms with Crippen LogP contribution in [0.4, 0.5) is 5.69 Å². The molecule has 0 fully saturated rings. The highest BCUT2D eigenvalue weighted by Gasteiger charge is 2.14. The van der Waals surface area contributed by atoms with E-state index in [1.807, 2.05) is 6.07 Å². The number of benzene rings is 1. The van der Waals surface area contributed by atoms with E-state index < -0.39 is 0 Å². The molecule has 2 rings (SSSR count). The largest absolute Gasteiger partial charge is 0.619 e. The Balaban J connectivity index is 2.48. The number of hydrogen-bond acceptors (Lipinski definition) is 2. The fraction of sp³-hybridized carbons (Fsp3) is 0.273. The van der Waals surface area contributed by atoms with E-state index in [1.54, 1.807) is 12.1 Å². The van der Waals surface area contributed by atoms with Gasteiger partial charge in [0.1, 0.15) is 11.7 Å². The number of aryl methyl sites for hydroxylation is 1. The molecule has 1 heterocycles. The Kier molecular flexibility index (Phi) is 2.68. The molecule has 0 spiro atoms. The lowest BCUT2D eigenvalue weighted by Gasteiger charge is -2.08. The number of thiocarbonyl (C=S) groups is 1. The highest BCUT2D eigenvalue weighted by Crippen LogP contribution is 2.20. The first kappa shape index (κ1) is 10.1. The first-order chi connectivity index (χ1) is 7.18. The molecule has 3 nitrogen and oxygen atoms in total. The number of rotatable bonds is 1. The third-order valence-corrected chi connectivity index (χ3v) is 2.90. The summed E-state index contributed by atoms with van der Waals surface area (Å²) in [5.74, 6) is 0. The van der Waals surface area contributed by atoms with Gasteiger partial charge < -0.3 is 10.5 Å². The van der Waals surface area contributed by atoms with Crippen molar-refractivity contribution in [1.82, 2.24) is 5.32 Å². The third kappa shape index (κ3) is 1.99. The molecular formula is C11H12N2OS. The predicted octanol–water partition coefficient (Wildman–Crippen LogP) is 1.74. The van der Waals surface area contributed by atoms with Crippen LogP contribution in [0.15, 0.2) is 18.2 Å². The van der Waals surface area contributed by atoms with Gasteiger partial charge in [-0.15, -0.1) is 0 Å². The van der Waals surface area contributed by atoms with E-state index in [4.69, 9.17) is 12.2 Å². The van der Waals surface area contributed by atoms with Gasteiger partial charge in [-0.25, -0.2) is 0 Å². The summed E-state index contributed by atoms with van der Waals surface area (Å²) >= 11 is 5.24. The Bertz CT molecular complexity index is 429. The van der Waals surface area contributed by atoms with Gasteiger partial charge in [-0.1, -0.05) is 18.3 Å². The lowest BCUT2D eigenvalue weighted by Crippen LogP contribution is -2.21. The Morgan fingerprint density at radius 2 is 2.27 bits per heavy atom. The summed E-state index contributed by atoms with van der Waals surface area (Å²) in [6.07, 6.45) is 2.07. The molecule has 0 unspecified atom stereocenters. The van der Waals surface area contributed by atoms with Gasteiger partial charge in [-0.3, -0.25) is 0 Å². The van der Waals surface area contributed by atoms with Crippen LogP contribution < -0.4 is 5.32 Å². The number of hydrogen-bond donors (Lipinski definition) is 1. The van der Waals surface area contributed by atoms with Crippen molar-refractivity contribution in [1.29, 1.82) is 0 Å². The first-order valence-corrected chi connectivity index (χ1v) is 5.28. The Morgan fingerprint density at radius 3 is 3.00 bits per heavy atom. The lowest BCUT2D eigenvalue weighted by molar-refractivity contribution is -0.349. The van der Waals surface area contributed by atoms with Crippen LogP contribution in [0.25, 0.3) is 0 Å². The molecule has 1 aromatic carbocycles. The molecule has 1 aliphatic heterocycles. The van der Waals surface area contributed by atoms with Crippen LogP contribution in [0.1, 0.15) is 17.5 Å². The van der Waals surface area contributed by atoms with Crippen LogP contribution in [-0.2, 0) is 6.42 Å². The van der Waals surface area contributed by atoms with Gasteiger partial charge in [0, 0.05) is 24.2 Å². The minimum atomic E-state index is 0.541. The van der Waals surface area contributed by atoms with Crippen molar-refractivity contribution < 1.29 is 4.74 Å². The standard InChI is InChI=1S/C11H12N2OS/c1-13(14)9-5-4-8-3-2-6-12-11(15)10(8)7-9/h4-5,7H,1-3,6H2,(H,12,15). The second-order valence-electron chi connectivity index (χ2n) is 3.58. The molecule has 0 saturated heterocycles. The van der Waals surface area contributed by atoms with Crippen LogP contribution in [0.2, 0.25) is 0 Å². The van der Waals surface area contributed by atoms with Crippen molar-refractivity contribution in [3.8, 4) is 0 Å². The van der Waals surface area contributed by atoms with Gasteiger partial charge >= 0.3 is 0 Å². The van der Waals surface area contributed by atoms with E-state index in [0.29, 0.717) is 10.4 Å². The van der Waals surface area contributed by atoms with Crippen LogP contribution in [0, 0.1) is 5.21 Å². The molecule has 0 aliphatic carbocycles. The molecule has 0 bridgehead atoms. The Hall–Kier alpha value is -1.42. The molecule has 0 aromatic heterocycles. The van der Waals surface area contributed by atoms with Crippen LogP contribution in [0.5, 0.6) is 0 Å². The van der Waals surface area contributed by atoms with Crippen LogP contribution in [0.3, 0.4) is 0 Å². The molecule has 78 valence electrons. The fourth-order valence-corrected chi connectivity index (χ4v) is 2.02. The number of nitrogens with one attached hydrogen (secondary N) is 1. The lowest BCUT2D eigenvalue weighted by atomic mass is 10.0. The molecule has 15 heavy (non-hydrogen) atoms. The highest BCUT2D eigenvalue weighted by molar-refractivity contribution is 7.80. The predicted molar refractivity (Wildman–Crippen MR) is 64.9 cm³/mol. The molecule has 1 aliphatic rings. The Morgan fingerprint density at radius 1 is 1.47 bits per heavy atom. The summed E-state index contributed by atoms with van der Waals surface area (Å²) in [7, 11) is 0. The maximum Gasteiger partial charge on any atom is 0.216 e. The van der Waals surface area contributed by atoms with Gasteiger partial charge in [0.2, 0.25) is 5.69 Å². The maximum absolute atomic E-state index is 11.1. The minimum Gasteiger partial charge on any atom is -0.619 e. The molecule has 0 saturated carbocycles. The van der Waals surface area contributed by atoms with Crippen molar-refractivity contribution in [2.75, 3.05) is 6.54 Å². The second-order valence-corrected chi connectivity index (χ2v) is 3.99. The van der Waals surface area contributed by atoms with Gasteiger partial charge in [0.15, 0.2) is 0 Å². The van der Waals surface area contributed by atoms with E-state index >= 15 is 0 Å². The summed E-state index contributed by atoms with van der Waals surface area (Å²) < 4.78 is 0.605. The summed E-state index contributed by atoms with van der Waals surface area (Å²) in [6.45, 7) is 4.22. The van der Waals surface area contributed by atoms with Gasteiger partial charge in [-0.2, -0.15) is 4.74 Å². The van der Waals surface area contributed by atoms with Crippen molar-refractivity contribution in [3.63, 3.8) is 0 Å². The maximum atomic E-state index is 11.1. The summed E-state index contributed by atoms with van der Waals surface area (Å²) in [5.41, 5.74) is 2.71. The normalized spacial score (nSPS) is 15.1. The molecular weight excluding hydrogens is 208 g/mol. The molecule has 0 amide bonds. The average molecular weight is 220 g/mol. The number of fused-ring (bicyclic) bond motifs is 1. The SMILES string of the molecule is C=[N+]([O-])c1ccc2c(c1)C(=S)NCCC2. The van der Waals surface area contributed by atoms with E-state index in [2.05, 4.69) is 12.0 Å². The third-order valence-electron chi connectivity index (χ3n) is 2.53. The smallest absolute Gasteiger partial charge is 0.216 e. The first-order valence-electron chi connectivity index (χ1n) is 4.87. The highest BCUT2D eigenvalue weighted by atomic mass is 32.1. The van der Waals surface area contributed by atoms with Crippen molar-refractivity contribution in [2.45, 2.75) is 12.8 Å². The van der Waals surface area contributed by atoms with Crippen molar-refractivity contribution >= 4 is 29.6 Å². The molecule has 0 radical (unpaired) electrons. The van der Waals surface area contributed by atoms with Crippen molar-refractivity contribution in [2.24, 2.45) is 0 Å². The molecule has 1 N–H and O–H groups in total. The topological polar surface area (TPSA) is 38.1 Å². The second kappa shape index (κ2) is 3.98.